The highest BCUT2D eigenvalue weighted by molar-refractivity contribution is 5.84. The van der Waals surface area contributed by atoms with Crippen molar-refractivity contribution < 1.29 is 0 Å². The van der Waals surface area contributed by atoms with Gasteiger partial charge in [0.2, 0.25) is 0 Å². The lowest BCUT2D eigenvalue weighted by Crippen LogP contribution is -2.48. The molecule has 1 aromatic heterocycles. The number of rotatable bonds is 5. The molecule has 0 radical (unpaired) electrons. The molecular weight excluding hydrogens is 512 g/mol. The molecule has 4 fully saturated rings. The summed E-state index contributed by atoms with van der Waals surface area (Å²) in [6.07, 6.45) is 8.42. The summed E-state index contributed by atoms with van der Waals surface area (Å²) in [7, 11) is 0. The molecule has 4 aromatic carbocycles. The van der Waals surface area contributed by atoms with E-state index >= 15 is 0 Å². The Morgan fingerprint density at radius 3 is 1.64 bits per heavy atom. The molecule has 0 saturated heterocycles. The third-order valence-electron chi connectivity index (χ3n) is 9.97. The van der Waals surface area contributed by atoms with Crippen molar-refractivity contribution in [2.75, 3.05) is 0 Å². The van der Waals surface area contributed by atoms with Crippen LogP contribution in [-0.2, 0) is 5.41 Å². The van der Waals surface area contributed by atoms with E-state index in [9.17, 15) is 5.26 Å². The first-order chi connectivity index (χ1) is 20.7. The van der Waals surface area contributed by atoms with E-state index in [0.717, 1.165) is 45.6 Å². The van der Waals surface area contributed by atoms with Gasteiger partial charge in [0.15, 0.2) is 17.5 Å². The lowest BCUT2D eigenvalue weighted by atomic mass is 9.48. The molecule has 0 unspecified atom stereocenters. The minimum absolute atomic E-state index is 0.361. The fourth-order valence-corrected chi connectivity index (χ4v) is 8.51. The Kier molecular flexibility index (Phi) is 6.00. The van der Waals surface area contributed by atoms with Crippen molar-refractivity contribution in [2.24, 2.45) is 17.8 Å². The van der Waals surface area contributed by atoms with Crippen molar-refractivity contribution in [1.82, 2.24) is 15.0 Å². The molecule has 4 aliphatic carbocycles. The van der Waals surface area contributed by atoms with Crippen LogP contribution in [0.3, 0.4) is 0 Å². The normalized spacial score (nSPS) is 23.9. The number of nitriles is 1. The molecule has 4 nitrogen and oxygen atoms in total. The SMILES string of the molecule is N#Cc1ccccc1-c1ccccc1-c1nc(-c2ccccc2)nc(-c2ccc(C34CC5C[C@H](C3)C[C@@H](C5)C4)cc2)n1. The van der Waals surface area contributed by atoms with Gasteiger partial charge in [-0.05, 0) is 78.9 Å². The molecular formula is C38H32N4. The highest BCUT2D eigenvalue weighted by Crippen LogP contribution is 2.60. The van der Waals surface area contributed by atoms with Gasteiger partial charge < -0.3 is 0 Å². The molecule has 4 heteroatoms. The molecule has 204 valence electrons. The second kappa shape index (κ2) is 10.0. The quantitative estimate of drug-likeness (QED) is 0.222. The van der Waals surface area contributed by atoms with Crippen LogP contribution in [0.15, 0.2) is 103 Å². The van der Waals surface area contributed by atoms with E-state index in [0.29, 0.717) is 28.5 Å². The summed E-state index contributed by atoms with van der Waals surface area (Å²) in [4.78, 5) is 15.0. The van der Waals surface area contributed by atoms with E-state index in [-0.39, 0.29) is 0 Å². The van der Waals surface area contributed by atoms with Crippen molar-refractivity contribution in [2.45, 2.75) is 43.9 Å². The van der Waals surface area contributed by atoms with Gasteiger partial charge in [0.05, 0.1) is 11.6 Å². The van der Waals surface area contributed by atoms with Crippen LogP contribution >= 0.6 is 0 Å². The summed E-state index contributed by atoms with van der Waals surface area (Å²) in [5.41, 5.74) is 7.12. The molecule has 1 heterocycles. The van der Waals surface area contributed by atoms with E-state index in [1.807, 2.05) is 78.9 Å². The van der Waals surface area contributed by atoms with Gasteiger partial charge in [0.1, 0.15) is 0 Å². The third-order valence-corrected chi connectivity index (χ3v) is 9.97. The minimum Gasteiger partial charge on any atom is -0.208 e. The molecule has 0 spiro atoms. The van der Waals surface area contributed by atoms with Crippen LogP contribution in [0.1, 0.15) is 49.7 Å². The molecule has 0 amide bonds. The second-order valence-electron chi connectivity index (χ2n) is 12.7. The molecule has 0 atom stereocenters. The summed E-state index contributed by atoms with van der Waals surface area (Å²) in [6, 6.07) is 37.4. The first kappa shape index (κ1) is 25.1. The summed E-state index contributed by atoms with van der Waals surface area (Å²) in [5, 5.41) is 9.82. The molecule has 0 N–H and O–H groups in total. The van der Waals surface area contributed by atoms with Crippen molar-refractivity contribution in [3.05, 3.63) is 114 Å². The van der Waals surface area contributed by atoms with Crippen LogP contribution in [0.25, 0.3) is 45.3 Å². The number of aromatic nitrogens is 3. The Labute approximate surface area is 247 Å². The van der Waals surface area contributed by atoms with Gasteiger partial charge in [-0.25, -0.2) is 15.0 Å². The van der Waals surface area contributed by atoms with Gasteiger partial charge in [0.25, 0.3) is 0 Å². The Hall–Kier alpha value is -4.62. The fourth-order valence-electron chi connectivity index (χ4n) is 8.51. The van der Waals surface area contributed by atoms with Crippen molar-refractivity contribution in [3.63, 3.8) is 0 Å². The molecule has 4 saturated carbocycles. The van der Waals surface area contributed by atoms with Gasteiger partial charge in [-0.15, -0.1) is 0 Å². The van der Waals surface area contributed by atoms with E-state index in [2.05, 4.69) is 30.3 Å². The van der Waals surface area contributed by atoms with Crippen molar-refractivity contribution in [1.29, 1.82) is 5.26 Å². The molecule has 4 bridgehead atoms. The minimum atomic E-state index is 0.361. The second-order valence-corrected chi connectivity index (χ2v) is 12.7. The van der Waals surface area contributed by atoms with Crippen LogP contribution in [-0.4, -0.2) is 15.0 Å². The number of hydrogen-bond acceptors (Lipinski definition) is 4. The van der Waals surface area contributed by atoms with Gasteiger partial charge in [0, 0.05) is 22.3 Å². The monoisotopic (exact) mass is 544 g/mol. The Morgan fingerprint density at radius 1 is 0.524 bits per heavy atom. The number of nitrogens with zero attached hydrogens (tertiary/aromatic N) is 4. The molecule has 4 aliphatic rings. The van der Waals surface area contributed by atoms with E-state index in [1.165, 1.54) is 44.1 Å². The first-order valence-electron chi connectivity index (χ1n) is 15.2. The van der Waals surface area contributed by atoms with Crippen molar-refractivity contribution in [3.8, 4) is 51.4 Å². The number of benzene rings is 4. The van der Waals surface area contributed by atoms with E-state index in [4.69, 9.17) is 15.0 Å². The maximum atomic E-state index is 9.82. The molecule has 42 heavy (non-hydrogen) atoms. The highest BCUT2D eigenvalue weighted by Gasteiger charge is 2.51. The maximum absolute atomic E-state index is 9.82. The highest BCUT2D eigenvalue weighted by atomic mass is 15.0. The van der Waals surface area contributed by atoms with Gasteiger partial charge in [-0.1, -0.05) is 97.1 Å². The predicted octanol–water partition coefficient (Wildman–Crippen LogP) is 8.88. The average molecular weight is 545 g/mol. The Balaban J connectivity index is 1.23. The lowest BCUT2D eigenvalue weighted by molar-refractivity contribution is -0.00518. The standard InChI is InChI=1S/C38H32N4/c39-24-30-10-4-5-11-32(30)33-12-6-7-13-34(33)37-41-35(28-8-2-1-3-9-28)40-36(42-37)29-14-16-31(17-15-29)38-21-25-18-26(22-38)20-27(19-25)23-38/h1-17,25-27H,18-23H2/t25-,26+,27?,38?. The summed E-state index contributed by atoms with van der Waals surface area (Å²) in [5.74, 6) is 4.67. The van der Waals surface area contributed by atoms with Gasteiger partial charge in [-0.2, -0.15) is 5.26 Å². The van der Waals surface area contributed by atoms with Gasteiger partial charge in [-0.3, -0.25) is 0 Å². The molecule has 0 aliphatic heterocycles. The zero-order valence-electron chi connectivity index (χ0n) is 23.6. The molecule has 9 rings (SSSR count). The van der Waals surface area contributed by atoms with E-state index < -0.39 is 0 Å². The average Bonchev–Trinajstić information content (AvgIpc) is 3.04. The van der Waals surface area contributed by atoms with Crippen LogP contribution in [0, 0.1) is 29.1 Å². The number of hydrogen-bond donors (Lipinski definition) is 0. The Bertz CT molecular complexity index is 1780. The largest absolute Gasteiger partial charge is 0.208 e. The van der Waals surface area contributed by atoms with Crippen LogP contribution < -0.4 is 0 Å². The van der Waals surface area contributed by atoms with Crippen LogP contribution in [0.2, 0.25) is 0 Å². The topological polar surface area (TPSA) is 62.5 Å². The Morgan fingerprint density at radius 2 is 1.02 bits per heavy atom. The smallest absolute Gasteiger partial charge is 0.164 e. The predicted molar refractivity (Wildman–Crippen MR) is 166 cm³/mol. The summed E-state index contributed by atoms with van der Waals surface area (Å²) >= 11 is 0. The van der Waals surface area contributed by atoms with E-state index in [1.54, 1.807) is 0 Å². The molecule has 5 aromatic rings. The third kappa shape index (κ3) is 4.32. The van der Waals surface area contributed by atoms with Crippen LogP contribution in [0.4, 0.5) is 0 Å². The lowest BCUT2D eigenvalue weighted by Gasteiger charge is -2.57. The maximum Gasteiger partial charge on any atom is 0.164 e. The zero-order valence-corrected chi connectivity index (χ0v) is 23.6. The van der Waals surface area contributed by atoms with Gasteiger partial charge >= 0.3 is 0 Å². The summed E-state index contributed by atoms with van der Waals surface area (Å²) in [6.45, 7) is 0. The fraction of sp³-hybridized carbons (Fsp3) is 0.263. The zero-order chi connectivity index (χ0) is 28.1. The van der Waals surface area contributed by atoms with Crippen LogP contribution in [0.5, 0.6) is 0 Å². The summed E-state index contributed by atoms with van der Waals surface area (Å²) < 4.78 is 0. The first-order valence-corrected chi connectivity index (χ1v) is 15.2. The van der Waals surface area contributed by atoms with Crippen molar-refractivity contribution >= 4 is 0 Å².